The van der Waals surface area contributed by atoms with Crippen molar-refractivity contribution in [3.05, 3.63) is 40.0 Å². The Balaban J connectivity index is 2.05. The van der Waals surface area contributed by atoms with Crippen LogP contribution in [0.1, 0.15) is 29.0 Å². The molecule has 1 aromatic carbocycles. The van der Waals surface area contributed by atoms with E-state index in [-0.39, 0.29) is 12.2 Å². The number of aromatic carboxylic acids is 1. The van der Waals surface area contributed by atoms with E-state index in [0.29, 0.717) is 28.4 Å². The fourth-order valence-electron chi connectivity index (χ4n) is 1.38. The van der Waals surface area contributed by atoms with Crippen molar-refractivity contribution in [1.29, 1.82) is 0 Å². The van der Waals surface area contributed by atoms with Crippen LogP contribution in [0, 0.1) is 0 Å². The van der Waals surface area contributed by atoms with E-state index in [1.54, 1.807) is 6.07 Å². The summed E-state index contributed by atoms with van der Waals surface area (Å²) in [5.74, 6) is 0.530. The van der Waals surface area contributed by atoms with Crippen molar-refractivity contribution in [3.63, 3.8) is 0 Å². The number of aryl methyl sites for hydroxylation is 1. The molecule has 6 nitrogen and oxygen atoms in total. The Hall–Kier alpha value is -1.89. The average Bonchev–Trinajstić information content (AvgIpc) is 2.85. The van der Waals surface area contributed by atoms with Gasteiger partial charge in [0.1, 0.15) is 5.75 Å². The van der Waals surface area contributed by atoms with Crippen molar-refractivity contribution in [3.8, 4) is 5.75 Å². The highest BCUT2D eigenvalue weighted by molar-refractivity contribution is 9.10. The normalized spacial score (nSPS) is 10.4. The number of nitrogens with zero attached hydrogens (tertiary/aromatic N) is 2. The van der Waals surface area contributed by atoms with E-state index in [4.69, 9.17) is 14.4 Å². The first kappa shape index (κ1) is 13.5. The van der Waals surface area contributed by atoms with Gasteiger partial charge in [-0.2, -0.15) is 4.98 Å². The number of hydrogen-bond donors (Lipinski definition) is 1. The third-order valence-electron chi connectivity index (χ3n) is 2.36. The summed E-state index contributed by atoms with van der Waals surface area (Å²) in [6.07, 6.45) is 0.695. The van der Waals surface area contributed by atoms with Crippen molar-refractivity contribution in [1.82, 2.24) is 10.1 Å². The van der Waals surface area contributed by atoms with Crippen molar-refractivity contribution >= 4 is 21.9 Å². The fraction of sp³-hybridized carbons (Fsp3) is 0.250. The molecule has 0 aliphatic rings. The van der Waals surface area contributed by atoms with Crippen LogP contribution in [0.3, 0.4) is 0 Å². The number of halogens is 1. The third-order valence-corrected chi connectivity index (χ3v) is 2.98. The highest BCUT2D eigenvalue weighted by Gasteiger charge is 2.10. The van der Waals surface area contributed by atoms with Crippen LogP contribution >= 0.6 is 15.9 Å². The van der Waals surface area contributed by atoms with Gasteiger partial charge in [-0.3, -0.25) is 0 Å². The van der Waals surface area contributed by atoms with Gasteiger partial charge in [0, 0.05) is 6.42 Å². The SMILES string of the molecule is CCc1noc(COc2ccc(C(=O)O)cc2Br)n1. The molecule has 1 N–H and O–H groups in total. The van der Waals surface area contributed by atoms with E-state index in [1.165, 1.54) is 12.1 Å². The molecule has 0 spiro atoms. The topological polar surface area (TPSA) is 85.5 Å². The predicted octanol–water partition coefficient (Wildman–Crippen LogP) is 2.67. The van der Waals surface area contributed by atoms with Gasteiger partial charge < -0.3 is 14.4 Å². The van der Waals surface area contributed by atoms with Gasteiger partial charge >= 0.3 is 5.97 Å². The Kier molecular flexibility index (Phi) is 4.16. The Labute approximate surface area is 117 Å². The molecule has 0 radical (unpaired) electrons. The molecule has 0 saturated heterocycles. The van der Waals surface area contributed by atoms with Crippen LogP contribution in [0.2, 0.25) is 0 Å². The first-order valence-electron chi connectivity index (χ1n) is 5.57. The number of aromatic nitrogens is 2. The van der Waals surface area contributed by atoms with Crippen molar-refractivity contribution in [2.45, 2.75) is 20.0 Å². The molecule has 2 aromatic rings. The molecule has 2 rings (SSSR count). The zero-order valence-electron chi connectivity index (χ0n) is 10.1. The summed E-state index contributed by atoms with van der Waals surface area (Å²) in [5, 5.41) is 12.6. The van der Waals surface area contributed by atoms with Crippen molar-refractivity contribution in [2.75, 3.05) is 0 Å². The Bertz CT molecular complexity index is 597. The van der Waals surface area contributed by atoms with E-state index in [1.807, 2.05) is 6.92 Å². The summed E-state index contributed by atoms with van der Waals surface area (Å²) in [6.45, 7) is 2.06. The van der Waals surface area contributed by atoms with Crippen LogP contribution < -0.4 is 4.74 Å². The molecule has 100 valence electrons. The second-order valence-electron chi connectivity index (χ2n) is 3.70. The molecule has 19 heavy (non-hydrogen) atoms. The quantitative estimate of drug-likeness (QED) is 0.909. The number of carbonyl (C=O) groups is 1. The first-order chi connectivity index (χ1) is 9.10. The molecule has 0 fully saturated rings. The number of carboxylic acids is 1. The summed E-state index contributed by atoms with van der Waals surface area (Å²) < 4.78 is 11.0. The lowest BCUT2D eigenvalue weighted by Crippen LogP contribution is -1.99. The van der Waals surface area contributed by atoms with E-state index in [0.717, 1.165) is 0 Å². The second-order valence-corrected chi connectivity index (χ2v) is 4.55. The van der Waals surface area contributed by atoms with E-state index < -0.39 is 5.97 Å². The molecule has 1 heterocycles. The molecular weight excluding hydrogens is 316 g/mol. The summed E-state index contributed by atoms with van der Waals surface area (Å²) >= 11 is 3.25. The molecular formula is C12H11BrN2O4. The van der Waals surface area contributed by atoms with E-state index in [2.05, 4.69) is 26.1 Å². The van der Waals surface area contributed by atoms with Gasteiger partial charge in [-0.05, 0) is 34.1 Å². The zero-order valence-corrected chi connectivity index (χ0v) is 11.7. The number of hydrogen-bond acceptors (Lipinski definition) is 5. The zero-order chi connectivity index (χ0) is 13.8. The summed E-state index contributed by atoms with van der Waals surface area (Å²) in [5.41, 5.74) is 0.185. The van der Waals surface area contributed by atoms with Crippen LogP contribution in [0.5, 0.6) is 5.75 Å². The van der Waals surface area contributed by atoms with Gasteiger partial charge in [-0.15, -0.1) is 0 Å². The average molecular weight is 327 g/mol. The van der Waals surface area contributed by atoms with Crippen LogP contribution in [0.25, 0.3) is 0 Å². The molecule has 0 aliphatic carbocycles. The minimum absolute atomic E-state index is 0.137. The maximum atomic E-state index is 10.8. The summed E-state index contributed by atoms with van der Waals surface area (Å²) in [4.78, 5) is 14.9. The number of ether oxygens (including phenoxy) is 1. The number of benzene rings is 1. The highest BCUT2D eigenvalue weighted by atomic mass is 79.9. The fourth-order valence-corrected chi connectivity index (χ4v) is 1.88. The van der Waals surface area contributed by atoms with Crippen LogP contribution in [-0.4, -0.2) is 21.2 Å². The monoisotopic (exact) mass is 326 g/mol. The van der Waals surface area contributed by atoms with Gasteiger partial charge in [-0.25, -0.2) is 4.79 Å². The molecule has 0 bridgehead atoms. The van der Waals surface area contributed by atoms with E-state index >= 15 is 0 Å². The van der Waals surface area contributed by atoms with Gasteiger partial charge in [0.05, 0.1) is 10.0 Å². The lowest BCUT2D eigenvalue weighted by atomic mass is 10.2. The highest BCUT2D eigenvalue weighted by Crippen LogP contribution is 2.26. The van der Waals surface area contributed by atoms with Crippen molar-refractivity contribution < 1.29 is 19.2 Å². The summed E-state index contributed by atoms with van der Waals surface area (Å²) in [6, 6.07) is 4.52. The molecule has 0 unspecified atom stereocenters. The predicted molar refractivity (Wildman–Crippen MR) is 69.1 cm³/mol. The third kappa shape index (κ3) is 3.31. The van der Waals surface area contributed by atoms with Crippen LogP contribution in [0.4, 0.5) is 0 Å². The molecule has 1 aromatic heterocycles. The molecule has 7 heteroatoms. The number of carboxylic acid groups (broad SMARTS) is 1. The minimum atomic E-state index is -0.989. The molecule has 0 atom stereocenters. The molecule has 0 saturated carbocycles. The van der Waals surface area contributed by atoms with Gasteiger partial charge in [0.2, 0.25) is 0 Å². The Morgan fingerprint density at radius 3 is 2.89 bits per heavy atom. The molecule has 0 amide bonds. The van der Waals surface area contributed by atoms with E-state index in [9.17, 15) is 4.79 Å². The lowest BCUT2D eigenvalue weighted by molar-refractivity contribution is 0.0696. The van der Waals surface area contributed by atoms with Gasteiger partial charge in [0.15, 0.2) is 12.4 Å². The lowest BCUT2D eigenvalue weighted by Gasteiger charge is -2.06. The Morgan fingerprint density at radius 1 is 1.53 bits per heavy atom. The van der Waals surface area contributed by atoms with Gasteiger partial charge in [-0.1, -0.05) is 12.1 Å². The maximum absolute atomic E-state index is 10.8. The molecule has 0 aliphatic heterocycles. The van der Waals surface area contributed by atoms with Crippen LogP contribution in [0.15, 0.2) is 27.2 Å². The summed E-state index contributed by atoms with van der Waals surface area (Å²) in [7, 11) is 0. The van der Waals surface area contributed by atoms with Gasteiger partial charge in [0.25, 0.3) is 5.89 Å². The maximum Gasteiger partial charge on any atom is 0.335 e. The smallest absolute Gasteiger partial charge is 0.335 e. The first-order valence-corrected chi connectivity index (χ1v) is 6.36. The number of rotatable bonds is 5. The van der Waals surface area contributed by atoms with Crippen LogP contribution in [-0.2, 0) is 13.0 Å². The second kappa shape index (κ2) is 5.83. The van der Waals surface area contributed by atoms with Crippen molar-refractivity contribution in [2.24, 2.45) is 0 Å². The largest absolute Gasteiger partial charge is 0.483 e. The standard InChI is InChI=1S/C12H11BrN2O4/c1-2-10-14-11(19-15-10)6-18-9-4-3-7(12(16)17)5-8(9)13/h3-5H,2,6H2,1H3,(H,16,17). The Morgan fingerprint density at radius 2 is 2.32 bits per heavy atom. The minimum Gasteiger partial charge on any atom is -0.483 e.